The van der Waals surface area contributed by atoms with Crippen molar-refractivity contribution >= 4 is 5.91 Å². The number of hydrogen-bond acceptors (Lipinski definition) is 5. The van der Waals surface area contributed by atoms with Gasteiger partial charge in [-0.25, -0.2) is 0 Å². The largest absolute Gasteiger partial charge is 0.497 e. The molecule has 0 spiro atoms. The van der Waals surface area contributed by atoms with Gasteiger partial charge >= 0.3 is 0 Å². The number of furan rings is 1. The van der Waals surface area contributed by atoms with E-state index in [4.69, 9.17) is 13.9 Å². The number of aromatic nitrogens is 2. The number of H-pyrrole nitrogens is 1. The van der Waals surface area contributed by atoms with E-state index in [1.54, 1.807) is 20.5 Å². The Bertz CT molecular complexity index is 962. The minimum atomic E-state index is -0.337. The Labute approximate surface area is 156 Å². The highest BCUT2D eigenvalue weighted by Crippen LogP contribution is 2.46. The van der Waals surface area contributed by atoms with E-state index in [9.17, 15) is 4.79 Å². The Morgan fingerprint density at radius 1 is 1.26 bits per heavy atom. The zero-order chi connectivity index (χ0) is 19.0. The Morgan fingerprint density at radius 3 is 2.78 bits per heavy atom. The summed E-state index contributed by atoms with van der Waals surface area (Å²) in [6.45, 7) is 2.65. The number of carbonyl (C=O) groups excluding carboxylic acids is 1. The highest BCUT2D eigenvalue weighted by Gasteiger charge is 2.43. The molecule has 1 aliphatic heterocycles. The maximum atomic E-state index is 13.0. The molecule has 1 aliphatic rings. The van der Waals surface area contributed by atoms with Crippen LogP contribution in [0.1, 0.15) is 41.0 Å². The molecule has 0 radical (unpaired) electrons. The first kappa shape index (κ1) is 17.2. The number of nitrogens with zero attached hydrogens (tertiary/aromatic N) is 2. The summed E-state index contributed by atoms with van der Waals surface area (Å²) >= 11 is 0. The molecule has 1 atom stereocenters. The van der Waals surface area contributed by atoms with Crippen LogP contribution in [-0.4, -0.2) is 41.8 Å². The first-order chi connectivity index (χ1) is 13.2. The quantitative estimate of drug-likeness (QED) is 0.719. The van der Waals surface area contributed by atoms with Crippen LogP contribution >= 0.6 is 0 Å². The van der Waals surface area contributed by atoms with Crippen molar-refractivity contribution in [2.75, 3.05) is 20.8 Å². The van der Waals surface area contributed by atoms with Crippen LogP contribution in [0.4, 0.5) is 0 Å². The lowest BCUT2D eigenvalue weighted by Crippen LogP contribution is -2.30. The van der Waals surface area contributed by atoms with Gasteiger partial charge < -0.3 is 18.8 Å². The molecular formula is C20H21N3O4. The number of hydrogen-bond donors (Lipinski definition) is 1. The Morgan fingerprint density at radius 2 is 2.11 bits per heavy atom. The number of fused-ring (bicyclic) bond motifs is 1. The van der Waals surface area contributed by atoms with Gasteiger partial charge in [0.25, 0.3) is 5.91 Å². The standard InChI is InChI=1S/C20H21N3O4/c1-4-9-23-19(13-11-12(25-2)7-8-14(13)26-3)16-17(15-6-5-10-27-15)21-22-18(16)20(23)24/h5-8,10-11,19H,4,9H2,1-3H3,(H,21,22). The van der Waals surface area contributed by atoms with E-state index in [0.29, 0.717) is 35.2 Å². The molecule has 0 fully saturated rings. The Kier molecular flexibility index (Phi) is 4.35. The van der Waals surface area contributed by atoms with Gasteiger partial charge in [-0.3, -0.25) is 9.89 Å². The van der Waals surface area contributed by atoms with Crippen LogP contribution < -0.4 is 9.47 Å². The van der Waals surface area contributed by atoms with Crippen molar-refractivity contribution in [1.29, 1.82) is 0 Å². The molecular weight excluding hydrogens is 346 g/mol. The number of benzene rings is 1. The van der Waals surface area contributed by atoms with Crippen molar-refractivity contribution in [2.24, 2.45) is 0 Å². The molecule has 0 saturated carbocycles. The van der Waals surface area contributed by atoms with E-state index < -0.39 is 0 Å². The SMILES string of the molecule is CCCN1C(=O)c2n[nH]c(-c3ccco3)c2C1c1cc(OC)ccc1OC. The number of aromatic amines is 1. The fraction of sp³-hybridized carbons (Fsp3) is 0.300. The van der Waals surface area contributed by atoms with Gasteiger partial charge in [-0.2, -0.15) is 5.10 Å². The summed E-state index contributed by atoms with van der Waals surface area (Å²) in [5.74, 6) is 1.93. The molecule has 4 rings (SSSR count). The third kappa shape index (κ3) is 2.66. The van der Waals surface area contributed by atoms with Crippen molar-refractivity contribution in [1.82, 2.24) is 15.1 Å². The van der Waals surface area contributed by atoms with Gasteiger partial charge in [0.2, 0.25) is 0 Å². The highest BCUT2D eigenvalue weighted by atomic mass is 16.5. The molecule has 3 aromatic rings. The summed E-state index contributed by atoms with van der Waals surface area (Å²) < 4.78 is 16.6. The van der Waals surface area contributed by atoms with Crippen molar-refractivity contribution in [3.63, 3.8) is 0 Å². The van der Waals surface area contributed by atoms with Crippen LogP contribution in [-0.2, 0) is 0 Å². The smallest absolute Gasteiger partial charge is 0.275 e. The fourth-order valence-corrected chi connectivity index (χ4v) is 3.65. The minimum absolute atomic E-state index is 0.101. The molecule has 2 aromatic heterocycles. The lowest BCUT2D eigenvalue weighted by molar-refractivity contribution is 0.0742. The van der Waals surface area contributed by atoms with Crippen molar-refractivity contribution in [3.8, 4) is 23.0 Å². The number of nitrogens with one attached hydrogen (secondary N) is 1. The second kappa shape index (κ2) is 6.83. The summed E-state index contributed by atoms with van der Waals surface area (Å²) in [6, 6.07) is 8.93. The predicted octanol–water partition coefficient (Wildman–Crippen LogP) is 3.64. The van der Waals surface area contributed by atoms with E-state index in [0.717, 1.165) is 17.5 Å². The van der Waals surface area contributed by atoms with Crippen molar-refractivity contribution < 1.29 is 18.7 Å². The van der Waals surface area contributed by atoms with Crippen LogP contribution in [0.3, 0.4) is 0 Å². The summed E-state index contributed by atoms with van der Waals surface area (Å²) in [5.41, 5.74) is 2.78. The van der Waals surface area contributed by atoms with E-state index >= 15 is 0 Å². The molecule has 7 heteroatoms. The maximum Gasteiger partial charge on any atom is 0.275 e. The molecule has 0 bridgehead atoms. The molecule has 1 N–H and O–H groups in total. The fourth-order valence-electron chi connectivity index (χ4n) is 3.65. The third-order valence-electron chi connectivity index (χ3n) is 4.82. The number of rotatable bonds is 6. The molecule has 3 heterocycles. The Balaban J connectivity index is 1.94. The average Bonchev–Trinajstić information content (AvgIpc) is 3.41. The highest BCUT2D eigenvalue weighted by molar-refractivity contribution is 6.00. The zero-order valence-electron chi connectivity index (χ0n) is 15.5. The summed E-state index contributed by atoms with van der Waals surface area (Å²) in [7, 11) is 3.24. The van der Waals surface area contributed by atoms with Gasteiger partial charge in [-0.1, -0.05) is 6.92 Å². The predicted molar refractivity (Wildman–Crippen MR) is 99.0 cm³/mol. The van der Waals surface area contributed by atoms with Gasteiger partial charge in [0.1, 0.15) is 17.2 Å². The van der Waals surface area contributed by atoms with Crippen LogP contribution in [0.2, 0.25) is 0 Å². The lowest BCUT2D eigenvalue weighted by atomic mass is 9.96. The number of ether oxygens (including phenoxy) is 2. The summed E-state index contributed by atoms with van der Waals surface area (Å²) in [4.78, 5) is 14.9. The second-order valence-electron chi connectivity index (χ2n) is 6.35. The lowest BCUT2D eigenvalue weighted by Gasteiger charge is -2.27. The molecule has 27 heavy (non-hydrogen) atoms. The van der Waals surface area contributed by atoms with E-state index in [-0.39, 0.29) is 11.9 Å². The monoisotopic (exact) mass is 367 g/mol. The topological polar surface area (TPSA) is 80.6 Å². The molecule has 1 aromatic carbocycles. The molecule has 140 valence electrons. The van der Waals surface area contributed by atoms with Gasteiger partial charge in [0.15, 0.2) is 11.5 Å². The second-order valence-corrected chi connectivity index (χ2v) is 6.35. The average molecular weight is 367 g/mol. The van der Waals surface area contributed by atoms with Gasteiger partial charge in [0, 0.05) is 17.7 Å². The maximum absolute atomic E-state index is 13.0. The minimum Gasteiger partial charge on any atom is -0.497 e. The first-order valence-corrected chi connectivity index (χ1v) is 8.84. The van der Waals surface area contributed by atoms with Gasteiger partial charge in [0.05, 0.1) is 26.5 Å². The van der Waals surface area contributed by atoms with Crippen LogP contribution in [0.25, 0.3) is 11.5 Å². The number of carbonyl (C=O) groups is 1. The molecule has 1 unspecified atom stereocenters. The van der Waals surface area contributed by atoms with Crippen LogP contribution in [0, 0.1) is 0 Å². The molecule has 0 saturated heterocycles. The number of amides is 1. The normalized spacial score (nSPS) is 15.9. The Hall–Kier alpha value is -3.22. The zero-order valence-corrected chi connectivity index (χ0v) is 15.5. The van der Waals surface area contributed by atoms with Crippen LogP contribution in [0.5, 0.6) is 11.5 Å². The van der Waals surface area contributed by atoms with Crippen molar-refractivity contribution in [3.05, 3.63) is 53.4 Å². The molecule has 7 nitrogen and oxygen atoms in total. The van der Waals surface area contributed by atoms with E-state index in [1.807, 2.05) is 42.2 Å². The van der Waals surface area contributed by atoms with Crippen LogP contribution in [0.15, 0.2) is 41.0 Å². The molecule has 1 amide bonds. The summed E-state index contributed by atoms with van der Waals surface area (Å²) in [5, 5.41) is 7.27. The number of methoxy groups -OCH3 is 2. The summed E-state index contributed by atoms with van der Waals surface area (Å²) in [6.07, 6.45) is 2.43. The van der Waals surface area contributed by atoms with Gasteiger partial charge in [-0.05, 0) is 36.8 Å². The van der Waals surface area contributed by atoms with Crippen molar-refractivity contribution in [2.45, 2.75) is 19.4 Å². The van der Waals surface area contributed by atoms with E-state index in [2.05, 4.69) is 10.2 Å². The van der Waals surface area contributed by atoms with Gasteiger partial charge in [-0.15, -0.1) is 0 Å². The third-order valence-corrected chi connectivity index (χ3v) is 4.82. The van der Waals surface area contributed by atoms with E-state index in [1.165, 1.54) is 0 Å². The molecule has 0 aliphatic carbocycles. The first-order valence-electron chi connectivity index (χ1n) is 8.84.